The highest BCUT2D eigenvalue weighted by Gasteiger charge is 2.25. The summed E-state index contributed by atoms with van der Waals surface area (Å²) in [5, 5.41) is 17.3. The molecule has 0 saturated carbocycles. The van der Waals surface area contributed by atoms with E-state index >= 15 is 0 Å². The second-order valence-electron chi connectivity index (χ2n) is 8.71. The summed E-state index contributed by atoms with van der Waals surface area (Å²) in [7, 11) is 0. The number of phenols is 1. The molecule has 0 spiro atoms. The van der Waals surface area contributed by atoms with E-state index in [1.807, 2.05) is 37.4 Å². The third-order valence-corrected chi connectivity index (χ3v) is 6.15. The average Bonchev–Trinajstić information content (AvgIpc) is 3.21. The lowest BCUT2D eigenvalue weighted by Gasteiger charge is -2.23. The fourth-order valence-corrected chi connectivity index (χ4v) is 4.47. The predicted molar refractivity (Wildman–Crippen MR) is 136 cm³/mol. The van der Waals surface area contributed by atoms with Crippen LogP contribution in [0.4, 0.5) is 17.1 Å². The molecule has 7 heteroatoms. The van der Waals surface area contributed by atoms with Gasteiger partial charge in [0.2, 0.25) is 5.91 Å². The fraction of sp³-hybridized carbons (Fsp3) is 0.185. The Kier molecular flexibility index (Phi) is 5.45. The lowest BCUT2D eigenvalue weighted by molar-refractivity contribution is -0.114. The number of rotatable bonds is 3. The molecule has 1 aliphatic heterocycles. The molecule has 7 nitrogen and oxygen atoms in total. The molecule has 0 radical (unpaired) electrons. The Morgan fingerprint density at radius 1 is 1.06 bits per heavy atom. The normalized spacial score (nSPS) is 15.4. The Morgan fingerprint density at radius 2 is 1.91 bits per heavy atom. The minimum atomic E-state index is -0.206. The van der Waals surface area contributed by atoms with Crippen molar-refractivity contribution in [2.24, 2.45) is 0 Å². The van der Waals surface area contributed by atoms with E-state index in [0.29, 0.717) is 17.8 Å². The van der Waals surface area contributed by atoms with Crippen LogP contribution >= 0.6 is 0 Å². The van der Waals surface area contributed by atoms with E-state index in [2.05, 4.69) is 21.7 Å². The van der Waals surface area contributed by atoms with E-state index in [1.165, 1.54) is 6.92 Å². The highest BCUT2D eigenvalue weighted by Crippen LogP contribution is 2.36. The summed E-state index contributed by atoms with van der Waals surface area (Å²) in [4.78, 5) is 30.5. The Balaban J connectivity index is 1.55. The summed E-state index contributed by atoms with van der Waals surface area (Å²) in [6, 6.07) is 18.6. The van der Waals surface area contributed by atoms with Crippen molar-refractivity contribution in [2.45, 2.75) is 26.3 Å². The minimum Gasteiger partial charge on any atom is -0.508 e. The number of hydrogen-bond acceptors (Lipinski definition) is 4. The number of hydrogen-bond donors (Lipinski definition) is 4. The number of phenolic OH excluding ortho intramolecular Hbond substituents is 1. The van der Waals surface area contributed by atoms with Crippen LogP contribution < -0.4 is 15.5 Å². The summed E-state index contributed by atoms with van der Waals surface area (Å²) < 4.78 is 0. The summed E-state index contributed by atoms with van der Waals surface area (Å²) >= 11 is 0. The van der Waals surface area contributed by atoms with Crippen LogP contribution in [-0.4, -0.2) is 34.5 Å². The number of aromatic nitrogens is 1. The zero-order valence-electron chi connectivity index (χ0n) is 19.1. The molecule has 2 amide bonds. The topological polar surface area (TPSA) is 97.5 Å². The van der Waals surface area contributed by atoms with Crippen molar-refractivity contribution in [1.82, 2.24) is 4.98 Å². The van der Waals surface area contributed by atoms with Gasteiger partial charge in [0.25, 0.3) is 5.91 Å². The summed E-state index contributed by atoms with van der Waals surface area (Å²) in [5.74, 6) is -0.228. The molecular weight excluding hydrogens is 428 g/mol. The molecule has 1 atom stereocenters. The van der Waals surface area contributed by atoms with Crippen LogP contribution in [-0.2, 0) is 4.79 Å². The Labute approximate surface area is 197 Å². The largest absolute Gasteiger partial charge is 0.508 e. The van der Waals surface area contributed by atoms with E-state index in [0.717, 1.165) is 39.8 Å². The Bertz CT molecular complexity index is 1410. The van der Waals surface area contributed by atoms with Crippen molar-refractivity contribution in [2.75, 3.05) is 22.1 Å². The maximum atomic E-state index is 13.7. The second kappa shape index (κ2) is 8.59. The highest BCUT2D eigenvalue weighted by atomic mass is 16.3. The molecule has 4 aromatic rings. The van der Waals surface area contributed by atoms with Crippen LogP contribution in [0.25, 0.3) is 22.0 Å². The van der Waals surface area contributed by atoms with Gasteiger partial charge in [-0.15, -0.1) is 0 Å². The predicted octanol–water partition coefficient (Wildman–Crippen LogP) is 5.35. The third-order valence-electron chi connectivity index (χ3n) is 6.15. The quantitative estimate of drug-likeness (QED) is 0.335. The number of benzene rings is 3. The Hall–Kier alpha value is -4.26. The molecule has 1 unspecified atom stereocenters. The van der Waals surface area contributed by atoms with Gasteiger partial charge >= 0.3 is 0 Å². The van der Waals surface area contributed by atoms with Crippen molar-refractivity contribution in [3.05, 3.63) is 72.4 Å². The van der Waals surface area contributed by atoms with Crippen molar-refractivity contribution in [1.29, 1.82) is 0 Å². The summed E-state index contributed by atoms with van der Waals surface area (Å²) in [6.07, 6.45) is 2.65. The van der Waals surface area contributed by atoms with Crippen LogP contribution in [0.2, 0.25) is 0 Å². The SMILES string of the molecule is CC(=O)Nc1cc(C(=O)N2CCC(C)Nc3cc(O)ccc32)ccc1-c1ccc2[nH]ccc2c1. The van der Waals surface area contributed by atoms with E-state index in [1.54, 1.807) is 35.2 Å². The maximum Gasteiger partial charge on any atom is 0.258 e. The van der Waals surface area contributed by atoms with Crippen molar-refractivity contribution < 1.29 is 14.7 Å². The van der Waals surface area contributed by atoms with Gasteiger partial charge in [-0.05, 0) is 66.8 Å². The first-order valence-electron chi connectivity index (χ1n) is 11.3. The van der Waals surface area contributed by atoms with Gasteiger partial charge in [0.15, 0.2) is 0 Å². The lowest BCUT2D eigenvalue weighted by atomic mass is 9.99. The molecule has 5 rings (SSSR count). The van der Waals surface area contributed by atoms with Crippen LogP contribution in [0, 0.1) is 0 Å². The zero-order chi connectivity index (χ0) is 23.8. The summed E-state index contributed by atoms with van der Waals surface area (Å²) in [5.41, 5.74) is 5.32. The molecule has 1 aliphatic rings. The van der Waals surface area contributed by atoms with Crippen LogP contribution in [0.3, 0.4) is 0 Å². The molecule has 2 heterocycles. The molecule has 0 fully saturated rings. The molecule has 0 saturated heterocycles. The number of carbonyl (C=O) groups is 2. The van der Waals surface area contributed by atoms with Gasteiger partial charge in [-0.1, -0.05) is 12.1 Å². The zero-order valence-corrected chi connectivity index (χ0v) is 19.1. The number of nitrogens with one attached hydrogen (secondary N) is 3. The monoisotopic (exact) mass is 454 g/mol. The first-order valence-corrected chi connectivity index (χ1v) is 11.3. The highest BCUT2D eigenvalue weighted by molar-refractivity contribution is 6.09. The first kappa shape index (κ1) is 21.6. The fourth-order valence-electron chi connectivity index (χ4n) is 4.47. The number of amides is 2. The molecule has 0 bridgehead atoms. The average molecular weight is 455 g/mol. The number of aromatic hydroxyl groups is 1. The van der Waals surface area contributed by atoms with Gasteiger partial charge in [-0.25, -0.2) is 0 Å². The van der Waals surface area contributed by atoms with Crippen molar-refractivity contribution >= 4 is 39.8 Å². The van der Waals surface area contributed by atoms with E-state index < -0.39 is 0 Å². The van der Waals surface area contributed by atoms with Crippen molar-refractivity contribution in [3.8, 4) is 16.9 Å². The van der Waals surface area contributed by atoms with Gasteiger partial charge < -0.3 is 25.6 Å². The maximum absolute atomic E-state index is 13.7. The number of nitrogens with zero attached hydrogens (tertiary/aromatic N) is 1. The number of aromatic amines is 1. The van der Waals surface area contributed by atoms with Gasteiger partial charge in [-0.2, -0.15) is 0 Å². The Morgan fingerprint density at radius 3 is 2.74 bits per heavy atom. The lowest BCUT2D eigenvalue weighted by Crippen LogP contribution is -2.32. The molecule has 4 N–H and O–H groups in total. The molecule has 3 aromatic carbocycles. The number of H-pyrrole nitrogens is 1. The minimum absolute atomic E-state index is 0.143. The number of carbonyl (C=O) groups excluding carboxylic acids is 2. The second-order valence-corrected chi connectivity index (χ2v) is 8.71. The van der Waals surface area contributed by atoms with Crippen molar-refractivity contribution in [3.63, 3.8) is 0 Å². The van der Waals surface area contributed by atoms with Crippen LogP contribution in [0.1, 0.15) is 30.6 Å². The van der Waals surface area contributed by atoms with Gasteiger partial charge in [-0.3, -0.25) is 9.59 Å². The van der Waals surface area contributed by atoms with Crippen LogP contribution in [0.15, 0.2) is 66.9 Å². The number of anilines is 3. The third kappa shape index (κ3) is 4.08. The molecule has 0 aliphatic carbocycles. The molecular formula is C27H26N4O3. The first-order chi connectivity index (χ1) is 16.4. The standard InChI is InChI=1S/C27H26N4O3/c1-16-10-12-31(26-8-5-21(33)15-25(26)29-16)27(34)20-3-6-22(24(14-20)30-17(2)32)18-4-7-23-19(13-18)9-11-28-23/h3-9,11,13-16,28-29,33H,10,12H2,1-2H3,(H,30,32). The van der Waals surface area contributed by atoms with E-state index in [9.17, 15) is 14.7 Å². The molecule has 34 heavy (non-hydrogen) atoms. The molecule has 172 valence electrons. The van der Waals surface area contributed by atoms with Gasteiger partial charge in [0.05, 0.1) is 11.4 Å². The molecule has 1 aromatic heterocycles. The van der Waals surface area contributed by atoms with E-state index in [-0.39, 0.29) is 23.6 Å². The van der Waals surface area contributed by atoms with Gasteiger partial charge in [0.1, 0.15) is 5.75 Å². The van der Waals surface area contributed by atoms with Crippen LogP contribution in [0.5, 0.6) is 5.75 Å². The van der Waals surface area contributed by atoms with Gasteiger partial charge in [0, 0.05) is 54.1 Å². The summed E-state index contributed by atoms with van der Waals surface area (Å²) in [6.45, 7) is 4.04. The number of fused-ring (bicyclic) bond motifs is 2. The smallest absolute Gasteiger partial charge is 0.258 e. The van der Waals surface area contributed by atoms with E-state index in [4.69, 9.17) is 0 Å².